The SMILES string of the molecule is CCCCCCCCCCCCCCC(CCC)OC(=O)C[n+]1ccccc1. The van der Waals surface area contributed by atoms with Crippen LogP contribution in [0, 0.1) is 0 Å². The maximum atomic E-state index is 12.2. The summed E-state index contributed by atoms with van der Waals surface area (Å²) in [6.07, 6.45) is 23.3. The summed E-state index contributed by atoms with van der Waals surface area (Å²) < 4.78 is 7.61. The first-order chi connectivity index (χ1) is 13.8. The summed E-state index contributed by atoms with van der Waals surface area (Å²) in [5.74, 6) is -0.117. The Morgan fingerprint density at radius 1 is 0.714 bits per heavy atom. The molecule has 0 amide bonds. The standard InChI is InChI=1S/C25H44NO2/c1-3-5-6-7-8-9-10-11-12-13-14-16-20-24(19-4-2)28-25(27)23-26-21-17-15-18-22-26/h15,17-18,21-22,24H,3-14,16,19-20,23H2,1-2H3/q+1. The number of carbonyl (C=O) groups is 1. The van der Waals surface area contributed by atoms with Crippen molar-refractivity contribution in [1.82, 2.24) is 0 Å². The van der Waals surface area contributed by atoms with Gasteiger partial charge in [0.1, 0.15) is 6.10 Å². The molecule has 0 aliphatic rings. The maximum Gasteiger partial charge on any atom is 0.372 e. The summed E-state index contributed by atoms with van der Waals surface area (Å²) in [5, 5.41) is 0. The number of ether oxygens (including phenoxy) is 1. The minimum atomic E-state index is -0.117. The Morgan fingerprint density at radius 2 is 1.25 bits per heavy atom. The summed E-state index contributed by atoms with van der Waals surface area (Å²) in [7, 11) is 0. The third-order valence-electron chi connectivity index (χ3n) is 5.38. The van der Waals surface area contributed by atoms with E-state index in [-0.39, 0.29) is 12.1 Å². The zero-order valence-electron chi connectivity index (χ0n) is 18.5. The van der Waals surface area contributed by atoms with Crippen molar-refractivity contribution in [3.05, 3.63) is 30.6 Å². The van der Waals surface area contributed by atoms with Crippen molar-refractivity contribution in [3.8, 4) is 0 Å². The molecule has 1 atom stereocenters. The fourth-order valence-electron chi connectivity index (χ4n) is 3.71. The van der Waals surface area contributed by atoms with Gasteiger partial charge in [0, 0.05) is 12.1 Å². The monoisotopic (exact) mass is 390 g/mol. The van der Waals surface area contributed by atoms with E-state index >= 15 is 0 Å². The fraction of sp³-hybridized carbons (Fsp3) is 0.760. The Bertz CT molecular complexity index is 475. The average molecular weight is 391 g/mol. The molecule has 3 nitrogen and oxygen atoms in total. The van der Waals surface area contributed by atoms with Crippen molar-refractivity contribution >= 4 is 5.97 Å². The lowest BCUT2D eigenvalue weighted by atomic mass is 10.0. The van der Waals surface area contributed by atoms with Gasteiger partial charge in [-0.05, 0) is 19.3 Å². The van der Waals surface area contributed by atoms with E-state index in [1.54, 1.807) is 0 Å². The normalized spacial score (nSPS) is 12.1. The molecule has 0 aromatic carbocycles. The smallest absolute Gasteiger partial charge is 0.372 e. The highest BCUT2D eigenvalue weighted by atomic mass is 16.5. The fourth-order valence-corrected chi connectivity index (χ4v) is 3.71. The number of hydrogen-bond acceptors (Lipinski definition) is 2. The predicted molar refractivity (Wildman–Crippen MR) is 117 cm³/mol. The van der Waals surface area contributed by atoms with Crippen molar-refractivity contribution in [2.45, 2.75) is 123 Å². The number of nitrogens with zero attached hydrogens (tertiary/aromatic N) is 1. The van der Waals surface area contributed by atoms with Crippen molar-refractivity contribution in [3.63, 3.8) is 0 Å². The Hall–Kier alpha value is -1.38. The molecule has 1 rings (SSSR count). The van der Waals surface area contributed by atoms with E-state index in [4.69, 9.17) is 4.74 Å². The molecule has 1 unspecified atom stereocenters. The number of esters is 1. The predicted octanol–water partition coefficient (Wildman–Crippen LogP) is 6.78. The summed E-state index contributed by atoms with van der Waals surface area (Å²) in [6.45, 7) is 4.74. The van der Waals surface area contributed by atoms with Gasteiger partial charge >= 0.3 is 5.97 Å². The van der Waals surface area contributed by atoms with Crippen molar-refractivity contribution in [1.29, 1.82) is 0 Å². The molecule has 0 N–H and O–H groups in total. The molecule has 3 heteroatoms. The second-order valence-corrected chi connectivity index (χ2v) is 8.13. The third kappa shape index (κ3) is 13.7. The van der Waals surface area contributed by atoms with Gasteiger partial charge < -0.3 is 4.74 Å². The van der Waals surface area contributed by atoms with Gasteiger partial charge in [0.15, 0.2) is 12.4 Å². The Balaban J connectivity index is 2.03. The van der Waals surface area contributed by atoms with Gasteiger partial charge in [0.2, 0.25) is 6.54 Å². The third-order valence-corrected chi connectivity index (χ3v) is 5.38. The zero-order chi connectivity index (χ0) is 20.3. The molecule has 0 radical (unpaired) electrons. The molecular formula is C25H44NO2+. The van der Waals surface area contributed by atoms with Crippen LogP contribution in [-0.2, 0) is 16.1 Å². The molecule has 28 heavy (non-hydrogen) atoms. The molecule has 0 fully saturated rings. The minimum absolute atomic E-state index is 0.0879. The second-order valence-electron chi connectivity index (χ2n) is 8.13. The summed E-state index contributed by atoms with van der Waals surface area (Å²) >= 11 is 0. The van der Waals surface area contributed by atoms with Crippen LogP contribution >= 0.6 is 0 Å². The second kappa shape index (κ2) is 17.7. The van der Waals surface area contributed by atoms with Gasteiger partial charge in [0.25, 0.3) is 0 Å². The van der Waals surface area contributed by atoms with Gasteiger partial charge in [-0.3, -0.25) is 0 Å². The summed E-state index contributed by atoms with van der Waals surface area (Å²) in [5.41, 5.74) is 0. The van der Waals surface area contributed by atoms with Crippen molar-refractivity contribution < 1.29 is 14.1 Å². The van der Waals surface area contributed by atoms with Crippen LogP contribution in [0.3, 0.4) is 0 Å². The maximum absolute atomic E-state index is 12.2. The molecule has 0 spiro atoms. The largest absolute Gasteiger partial charge is 0.458 e. The number of pyridine rings is 1. The highest BCUT2D eigenvalue weighted by Gasteiger charge is 2.16. The molecule has 1 heterocycles. The van der Waals surface area contributed by atoms with E-state index in [1.807, 2.05) is 35.2 Å². The molecule has 160 valence electrons. The zero-order valence-corrected chi connectivity index (χ0v) is 18.5. The van der Waals surface area contributed by atoms with Crippen LogP contribution in [0.4, 0.5) is 0 Å². The van der Waals surface area contributed by atoms with Gasteiger partial charge in [-0.25, -0.2) is 4.79 Å². The lowest BCUT2D eigenvalue weighted by Gasteiger charge is -2.16. The van der Waals surface area contributed by atoms with Crippen LogP contribution in [0.2, 0.25) is 0 Å². The lowest BCUT2D eigenvalue weighted by Crippen LogP contribution is -2.38. The van der Waals surface area contributed by atoms with Crippen molar-refractivity contribution in [2.75, 3.05) is 0 Å². The van der Waals surface area contributed by atoms with Crippen molar-refractivity contribution in [2.24, 2.45) is 0 Å². The van der Waals surface area contributed by atoms with Crippen LogP contribution in [0.25, 0.3) is 0 Å². The van der Waals surface area contributed by atoms with E-state index in [2.05, 4.69) is 13.8 Å². The van der Waals surface area contributed by atoms with E-state index in [0.717, 1.165) is 19.3 Å². The molecule has 0 aliphatic heterocycles. The quantitative estimate of drug-likeness (QED) is 0.157. The molecular weight excluding hydrogens is 346 g/mol. The van der Waals surface area contributed by atoms with Crippen LogP contribution in [0.15, 0.2) is 30.6 Å². The van der Waals surface area contributed by atoms with E-state index in [9.17, 15) is 4.79 Å². The topological polar surface area (TPSA) is 30.2 Å². The van der Waals surface area contributed by atoms with Crippen LogP contribution in [-0.4, -0.2) is 12.1 Å². The van der Waals surface area contributed by atoms with E-state index in [1.165, 1.54) is 77.0 Å². The van der Waals surface area contributed by atoms with Gasteiger partial charge in [-0.2, -0.15) is 4.57 Å². The molecule has 0 bridgehead atoms. The summed E-state index contributed by atoms with van der Waals surface area (Å²) in [6, 6.07) is 5.82. The molecule has 0 saturated carbocycles. The number of aromatic nitrogens is 1. The molecule has 1 aromatic heterocycles. The first-order valence-corrected chi connectivity index (χ1v) is 11.9. The van der Waals surface area contributed by atoms with Gasteiger partial charge in [-0.1, -0.05) is 97.0 Å². The highest BCUT2D eigenvalue weighted by Crippen LogP contribution is 2.15. The lowest BCUT2D eigenvalue weighted by molar-refractivity contribution is -0.686. The van der Waals surface area contributed by atoms with Gasteiger partial charge in [-0.15, -0.1) is 0 Å². The van der Waals surface area contributed by atoms with Crippen LogP contribution in [0.5, 0.6) is 0 Å². The molecule has 0 aliphatic carbocycles. The van der Waals surface area contributed by atoms with E-state index < -0.39 is 0 Å². The van der Waals surface area contributed by atoms with E-state index in [0.29, 0.717) is 6.54 Å². The number of carbonyl (C=O) groups excluding carboxylic acids is 1. The van der Waals surface area contributed by atoms with Gasteiger partial charge in [0.05, 0.1) is 0 Å². The van der Waals surface area contributed by atoms with Crippen LogP contribution < -0.4 is 4.57 Å². The number of unbranched alkanes of at least 4 members (excludes halogenated alkanes) is 11. The summed E-state index contributed by atoms with van der Waals surface area (Å²) in [4.78, 5) is 12.2. The molecule has 1 aromatic rings. The highest BCUT2D eigenvalue weighted by molar-refractivity contribution is 5.67. The Morgan fingerprint density at radius 3 is 1.79 bits per heavy atom. The first kappa shape index (κ1) is 24.7. The number of rotatable bonds is 18. The average Bonchev–Trinajstić information content (AvgIpc) is 2.69. The first-order valence-electron chi connectivity index (χ1n) is 11.9. The Labute approximate surface area is 173 Å². The Kier molecular flexibility index (Phi) is 15.6. The molecule has 0 saturated heterocycles. The minimum Gasteiger partial charge on any atom is -0.458 e. The number of hydrogen-bond donors (Lipinski definition) is 0. The van der Waals surface area contributed by atoms with Crippen LogP contribution in [0.1, 0.15) is 110 Å².